The maximum absolute atomic E-state index is 11.9. The number of benzene rings is 1. The molecule has 1 aromatic carbocycles. The Morgan fingerprint density at radius 3 is 2.52 bits per heavy atom. The largest absolute Gasteiger partial charge is 0.456 e. The molecule has 1 amide bonds. The lowest BCUT2D eigenvalue weighted by Gasteiger charge is -2.20. The van der Waals surface area contributed by atoms with Crippen LogP contribution in [0.25, 0.3) is 5.76 Å². The van der Waals surface area contributed by atoms with Crippen molar-refractivity contribution >= 4 is 11.7 Å². The molecule has 1 aliphatic carbocycles. The van der Waals surface area contributed by atoms with Gasteiger partial charge in [0.2, 0.25) is 0 Å². The fourth-order valence-corrected chi connectivity index (χ4v) is 2.33. The standard InChI is InChI=1S/C18H17NO2/c1-19(2)18(20)15-9-7-14(8-10-15)17-12-11-13-5-3-4-6-16(13)21-17/h3-4,6-12H,5H2,1-2H3. The van der Waals surface area contributed by atoms with Crippen LogP contribution < -0.4 is 0 Å². The SMILES string of the molecule is CN(C)C(=O)c1ccc(C2=CC=C3CC=CC=C3O2)cc1. The highest BCUT2D eigenvalue weighted by atomic mass is 16.5. The van der Waals surface area contributed by atoms with Crippen molar-refractivity contribution in [1.29, 1.82) is 0 Å². The molecule has 3 heteroatoms. The first-order valence-corrected chi connectivity index (χ1v) is 6.93. The number of ether oxygens (including phenoxy) is 1. The molecule has 2 aliphatic rings. The van der Waals surface area contributed by atoms with Crippen LogP contribution in [0.1, 0.15) is 22.3 Å². The molecule has 0 bridgehead atoms. The van der Waals surface area contributed by atoms with Gasteiger partial charge in [-0.2, -0.15) is 0 Å². The average molecular weight is 279 g/mol. The van der Waals surface area contributed by atoms with Gasteiger partial charge < -0.3 is 9.64 Å². The minimum Gasteiger partial charge on any atom is -0.456 e. The van der Waals surface area contributed by atoms with E-state index in [2.05, 4.69) is 12.2 Å². The van der Waals surface area contributed by atoms with E-state index in [4.69, 9.17) is 4.74 Å². The summed E-state index contributed by atoms with van der Waals surface area (Å²) in [5.41, 5.74) is 2.84. The Balaban J connectivity index is 1.84. The van der Waals surface area contributed by atoms with E-state index in [1.54, 1.807) is 19.0 Å². The molecule has 21 heavy (non-hydrogen) atoms. The Bertz CT molecular complexity index is 688. The number of carbonyl (C=O) groups excluding carboxylic acids is 1. The third-order valence-electron chi connectivity index (χ3n) is 3.52. The molecule has 0 saturated heterocycles. The Kier molecular flexibility index (Phi) is 3.48. The minimum absolute atomic E-state index is 0.00222. The molecule has 0 atom stereocenters. The first-order valence-electron chi connectivity index (χ1n) is 6.93. The number of rotatable bonds is 2. The van der Waals surface area contributed by atoms with Gasteiger partial charge in [0.15, 0.2) is 0 Å². The van der Waals surface area contributed by atoms with Gasteiger partial charge in [-0.15, -0.1) is 0 Å². The van der Waals surface area contributed by atoms with E-state index in [1.807, 2.05) is 42.5 Å². The Morgan fingerprint density at radius 1 is 1.05 bits per heavy atom. The van der Waals surface area contributed by atoms with Crippen LogP contribution in [0.5, 0.6) is 0 Å². The zero-order chi connectivity index (χ0) is 14.8. The lowest BCUT2D eigenvalue weighted by Crippen LogP contribution is -2.21. The van der Waals surface area contributed by atoms with E-state index in [9.17, 15) is 4.79 Å². The molecule has 3 rings (SSSR count). The summed E-state index contributed by atoms with van der Waals surface area (Å²) in [6.45, 7) is 0. The van der Waals surface area contributed by atoms with Crippen LogP contribution in [-0.4, -0.2) is 24.9 Å². The molecule has 0 spiro atoms. The third-order valence-corrected chi connectivity index (χ3v) is 3.52. The summed E-state index contributed by atoms with van der Waals surface area (Å²) in [5, 5.41) is 0. The molecule has 0 saturated carbocycles. The monoisotopic (exact) mass is 279 g/mol. The zero-order valence-electron chi connectivity index (χ0n) is 12.2. The molecular formula is C18H17NO2. The third kappa shape index (κ3) is 2.68. The van der Waals surface area contributed by atoms with Crippen molar-refractivity contribution < 1.29 is 9.53 Å². The second kappa shape index (κ2) is 5.44. The van der Waals surface area contributed by atoms with Gasteiger partial charge in [0.05, 0.1) is 0 Å². The quantitative estimate of drug-likeness (QED) is 0.829. The van der Waals surface area contributed by atoms with Crippen LogP contribution >= 0.6 is 0 Å². The van der Waals surface area contributed by atoms with Gasteiger partial charge in [-0.05, 0) is 36.3 Å². The van der Waals surface area contributed by atoms with E-state index >= 15 is 0 Å². The molecule has 0 radical (unpaired) electrons. The van der Waals surface area contributed by atoms with Crippen molar-refractivity contribution in [1.82, 2.24) is 4.90 Å². The van der Waals surface area contributed by atoms with Crippen molar-refractivity contribution in [2.45, 2.75) is 6.42 Å². The summed E-state index contributed by atoms with van der Waals surface area (Å²) in [5.74, 6) is 1.72. The fourth-order valence-electron chi connectivity index (χ4n) is 2.33. The predicted octanol–water partition coefficient (Wildman–Crippen LogP) is 3.53. The molecule has 1 aromatic rings. The molecule has 1 aliphatic heterocycles. The normalized spacial score (nSPS) is 16.2. The molecule has 3 nitrogen and oxygen atoms in total. The van der Waals surface area contributed by atoms with Gasteiger partial charge in [0.25, 0.3) is 5.91 Å². The van der Waals surface area contributed by atoms with Gasteiger partial charge in [-0.1, -0.05) is 30.4 Å². The van der Waals surface area contributed by atoms with Crippen LogP contribution in [0.3, 0.4) is 0 Å². The van der Waals surface area contributed by atoms with Crippen molar-refractivity contribution in [3.63, 3.8) is 0 Å². The number of hydrogen-bond acceptors (Lipinski definition) is 2. The molecule has 106 valence electrons. The average Bonchev–Trinajstić information content (AvgIpc) is 2.54. The lowest BCUT2D eigenvalue weighted by molar-refractivity contribution is 0.0827. The van der Waals surface area contributed by atoms with Gasteiger partial charge in [0.1, 0.15) is 11.5 Å². The summed E-state index contributed by atoms with van der Waals surface area (Å²) in [7, 11) is 3.50. The number of allylic oxidation sites excluding steroid dienone is 6. The van der Waals surface area contributed by atoms with Crippen LogP contribution in [0.2, 0.25) is 0 Å². The van der Waals surface area contributed by atoms with Crippen molar-refractivity contribution in [2.75, 3.05) is 14.1 Å². The zero-order valence-corrected chi connectivity index (χ0v) is 12.2. The summed E-state index contributed by atoms with van der Waals surface area (Å²) in [6.07, 6.45) is 11.1. The summed E-state index contributed by atoms with van der Waals surface area (Å²) in [4.78, 5) is 13.4. The van der Waals surface area contributed by atoms with Gasteiger partial charge in [0, 0.05) is 25.2 Å². The van der Waals surface area contributed by atoms with Crippen LogP contribution in [0.15, 0.2) is 66.0 Å². The minimum atomic E-state index is 0.00222. The summed E-state index contributed by atoms with van der Waals surface area (Å²) in [6, 6.07) is 7.49. The first kappa shape index (κ1) is 13.4. The number of fused-ring (bicyclic) bond motifs is 1. The number of carbonyl (C=O) groups is 1. The van der Waals surface area contributed by atoms with Crippen molar-refractivity contribution in [3.8, 4) is 0 Å². The molecule has 0 fully saturated rings. The fraction of sp³-hybridized carbons (Fsp3) is 0.167. The van der Waals surface area contributed by atoms with E-state index in [1.165, 1.54) is 5.57 Å². The lowest BCUT2D eigenvalue weighted by atomic mass is 10.0. The number of nitrogens with zero attached hydrogens (tertiary/aromatic N) is 1. The van der Waals surface area contributed by atoms with E-state index in [0.29, 0.717) is 5.56 Å². The van der Waals surface area contributed by atoms with E-state index in [0.717, 1.165) is 23.5 Å². The smallest absolute Gasteiger partial charge is 0.253 e. The van der Waals surface area contributed by atoms with Gasteiger partial charge >= 0.3 is 0 Å². The maximum atomic E-state index is 11.9. The van der Waals surface area contributed by atoms with E-state index < -0.39 is 0 Å². The predicted molar refractivity (Wildman–Crippen MR) is 83.4 cm³/mol. The highest BCUT2D eigenvalue weighted by Gasteiger charge is 2.16. The van der Waals surface area contributed by atoms with Crippen molar-refractivity contribution in [2.24, 2.45) is 0 Å². The first-order chi connectivity index (χ1) is 10.1. The molecule has 0 aromatic heterocycles. The molecule has 0 N–H and O–H groups in total. The Morgan fingerprint density at radius 2 is 1.81 bits per heavy atom. The number of amides is 1. The summed E-state index contributed by atoms with van der Waals surface area (Å²) < 4.78 is 5.93. The second-order valence-corrected chi connectivity index (χ2v) is 5.27. The topological polar surface area (TPSA) is 29.5 Å². The highest BCUT2D eigenvalue weighted by Crippen LogP contribution is 2.31. The molecule has 1 heterocycles. The van der Waals surface area contributed by atoms with Crippen LogP contribution in [0, 0.1) is 0 Å². The Labute approximate surface area is 124 Å². The summed E-state index contributed by atoms with van der Waals surface area (Å²) >= 11 is 0. The highest BCUT2D eigenvalue weighted by molar-refractivity contribution is 5.94. The van der Waals surface area contributed by atoms with Gasteiger partial charge in [-0.3, -0.25) is 4.79 Å². The van der Waals surface area contributed by atoms with E-state index in [-0.39, 0.29) is 5.91 Å². The number of hydrogen-bond donors (Lipinski definition) is 0. The van der Waals surface area contributed by atoms with Crippen molar-refractivity contribution in [3.05, 3.63) is 77.1 Å². The van der Waals surface area contributed by atoms with Crippen LogP contribution in [0.4, 0.5) is 0 Å². The Hall–Kier alpha value is -2.55. The molecule has 0 unspecified atom stereocenters. The van der Waals surface area contributed by atoms with Crippen LogP contribution in [-0.2, 0) is 4.74 Å². The molecular weight excluding hydrogens is 262 g/mol. The second-order valence-electron chi connectivity index (χ2n) is 5.27. The maximum Gasteiger partial charge on any atom is 0.253 e. The van der Waals surface area contributed by atoms with Gasteiger partial charge in [-0.25, -0.2) is 0 Å².